The number of hydrogen-bond donors (Lipinski definition) is 0. The van der Waals surface area contributed by atoms with E-state index in [1.807, 2.05) is 13.8 Å². The van der Waals surface area contributed by atoms with E-state index in [1.54, 1.807) is 11.6 Å². The molecule has 11 heteroatoms. The molecular weight excluding hydrogens is 445 g/mol. The Bertz CT molecular complexity index is 1150. The van der Waals surface area contributed by atoms with E-state index in [2.05, 4.69) is 20.3 Å². The number of alkyl halides is 5. The van der Waals surface area contributed by atoms with Crippen LogP contribution in [0.5, 0.6) is 0 Å². The molecule has 0 bridgehead atoms. The van der Waals surface area contributed by atoms with Crippen molar-refractivity contribution in [2.75, 3.05) is 0 Å². The molecule has 1 saturated carbocycles. The minimum Gasteiger partial charge on any atom is -0.333 e. The van der Waals surface area contributed by atoms with Crippen LogP contribution in [0.2, 0.25) is 0 Å². The van der Waals surface area contributed by atoms with Crippen LogP contribution in [0.15, 0.2) is 28.8 Å². The molecule has 1 aliphatic rings. The quantitative estimate of drug-likeness (QED) is 0.453. The molecule has 0 radical (unpaired) electrons. The lowest BCUT2D eigenvalue weighted by Crippen LogP contribution is -2.38. The van der Waals surface area contributed by atoms with Crippen molar-refractivity contribution in [2.24, 2.45) is 7.05 Å². The molecule has 0 spiro atoms. The Labute approximate surface area is 187 Å². The first-order chi connectivity index (χ1) is 15.2. The number of benzene rings is 1. The largest absolute Gasteiger partial charge is 0.417 e. The summed E-state index contributed by atoms with van der Waals surface area (Å²) in [4.78, 5) is 3.92. The molecule has 2 aromatic heterocycles. The molecule has 0 amide bonds. The fourth-order valence-corrected chi connectivity index (χ4v) is 4.46. The van der Waals surface area contributed by atoms with Gasteiger partial charge in [0.15, 0.2) is 11.6 Å². The van der Waals surface area contributed by atoms with Gasteiger partial charge in [-0.3, -0.25) is 0 Å². The van der Waals surface area contributed by atoms with Crippen molar-refractivity contribution < 1.29 is 26.5 Å². The fraction of sp³-hybridized carbons (Fsp3) is 0.545. The van der Waals surface area contributed by atoms with Gasteiger partial charge >= 0.3 is 12.1 Å². The molecule has 1 aliphatic carbocycles. The summed E-state index contributed by atoms with van der Waals surface area (Å²) >= 11 is 0. The van der Waals surface area contributed by atoms with Gasteiger partial charge in [-0.15, -0.1) is 10.2 Å². The number of rotatable bonds is 4. The highest BCUT2D eigenvalue weighted by Gasteiger charge is 2.45. The van der Waals surface area contributed by atoms with Crippen LogP contribution in [0.1, 0.15) is 69.6 Å². The third-order valence-corrected chi connectivity index (χ3v) is 6.69. The maximum atomic E-state index is 13.5. The smallest absolute Gasteiger partial charge is 0.333 e. The van der Waals surface area contributed by atoms with Crippen LogP contribution in [0.4, 0.5) is 22.0 Å². The first kappa shape index (κ1) is 23.3. The van der Waals surface area contributed by atoms with Gasteiger partial charge in [0.05, 0.1) is 5.56 Å². The molecule has 0 unspecified atom stereocenters. The van der Waals surface area contributed by atoms with Gasteiger partial charge in [0.2, 0.25) is 0 Å². The molecule has 0 N–H and O–H groups in total. The van der Waals surface area contributed by atoms with Crippen molar-refractivity contribution in [3.05, 3.63) is 47.4 Å². The van der Waals surface area contributed by atoms with E-state index >= 15 is 0 Å². The highest BCUT2D eigenvalue weighted by Crippen LogP contribution is 2.48. The Hall–Kier alpha value is -2.85. The Morgan fingerprint density at radius 1 is 0.939 bits per heavy atom. The number of nitrogens with zero attached hydrogens (tertiary/aromatic N) is 5. The minimum atomic E-state index is -4.52. The standard InChI is InChI=1S/C22H24F5N5O/c1-19(16-28-18(33-31-16)21(3,23)24)9-11-20(2,12-10-19)17-30-29-15(32(17)4)13-7-5-6-8-14(13)22(25,26)27/h5-8H,9-12H2,1-4H3. The molecule has 0 aliphatic heterocycles. The van der Waals surface area contributed by atoms with Crippen LogP contribution in [-0.4, -0.2) is 24.9 Å². The zero-order valence-electron chi connectivity index (χ0n) is 18.7. The first-order valence-corrected chi connectivity index (χ1v) is 10.5. The summed E-state index contributed by atoms with van der Waals surface area (Å²) in [6, 6.07) is 5.28. The van der Waals surface area contributed by atoms with E-state index in [9.17, 15) is 22.0 Å². The minimum absolute atomic E-state index is 0.0321. The molecule has 2 heterocycles. The van der Waals surface area contributed by atoms with Crippen LogP contribution in [0, 0.1) is 0 Å². The highest BCUT2D eigenvalue weighted by molar-refractivity contribution is 5.61. The van der Waals surface area contributed by atoms with Gasteiger partial charge in [-0.2, -0.15) is 26.9 Å². The molecule has 0 atom stereocenters. The van der Waals surface area contributed by atoms with Crippen molar-refractivity contribution in [1.29, 1.82) is 0 Å². The SMILES string of the molecule is Cn1c(-c2ccccc2C(F)(F)F)nnc1C1(C)CCC(C)(c2noc(C(C)(F)F)n2)CC1. The van der Waals surface area contributed by atoms with Crippen molar-refractivity contribution in [3.8, 4) is 11.4 Å². The summed E-state index contributed by atoms with van der Waals surface area (Å²) in [5.74, 6) is -2.98. The lowest BCUT2D eigenvalue weighted by atomic mass is 9.64. The monoisotopic (exact) mass is 469 g/mol. The Morgan fingerprint density at radius 3 is 2.12 bits per heavy atom. The number of hydrogen-bond acceptors (Lipinski definition) is 5. The fourth-order valence-electron chi connectivity index (χ4n) is 4.46. The molecule has 0 saturated heterocycles. The molecule has 1 aromatic carbocycles. The second-order valence-corrected chi connectivity index (χ2v) is 9.38. The molecule has 178 valence electrons. The predicted molar refractivity (Wildman–Crippen MR) is 108 cm³/mol. The Kier molecular flexibility index (Phi) is 5.37. The molecule has 6 nitrogen and oxygen atoms in total. The van der Waals surface area contributed by atoms with Gasteiger partial charge in [0.25, 0.3) is 5.89 Å². The van der Waals surface area contributed by atoms with Gasteiger partial charge in [-0.05, 0) is 31.7 Å². The zero-order valence-corrected chi connectivity index (χ0v) is 18.7. The maximum absolute atomic E-state index is 13.5. The summed E-state index contributed by atoms with van der Waals surface area (Å²) in [5.41, 5.74) is -1.82. The van der Waals surface area contributed by atoms with Crippen LogP contribution >= 0.6 is 0 Å². The number of aromatic nitrogens is 5. The average Bonchev–Trinajstić information content (AvgIpc) is 3.38. The average molecular weight is 469 g/mol. The van der Waals surface area contributed by atoms with Crippen molar-refractivity contribution in [1.82, 2.24) is 24.9 Å². The lowest BCUT2D eigenvalue weighted by Gasteiger charge is -2.40. The van der Waals surface area contributed by atoms with E-state index in [0.717, 1.165) is 6.07 Å². The van der Waals surface area contributed by atoms with Crippen molar-refractivity contribution >= 4 is 0 Å². The van der Waals surface area contributed by atoms with E-state index in [-0.39, 0.29) is 17.2 Å². The van der Waals surface area contributed by atoms with Crippen LogP contribution < -0.4 is 0 Å². The van der Waals surface area contributed by atoms with E-state index in [0.29, 0.717) is 38.4 Å². The lowest BCUT2D eigenvalue weighted by molar-refractivity contribution is -0.137. The number of halogens is 5. The summed E-state index contributed by atoms with van der Waals surface area (Å²) < 4.78 is 73.9. The van der Waals surface area contributed by atoms with E-state index in [4.69, 9.17) is 4.52 Å². The third-order valence-electron chi connectivity index (χ3n) is 6.69. The van der Waals surface area contributed by atoms with Gasteiger partial charge in [-0.25, -0.2) is 0 Å². The van der Waals surface area contributed by atoms with Crippen LogP contribution in [-0.2, 0) is 30.0 Å². The van der Waals surface area contributed by atoms with Crippen LogP contribution in [0.25, 0.3) is 11.4 Å². The van der Waals surface area contributed by atoms with Crippen molar-refractivity contribution in [2.45, 2.75) is 69.4 Å². The van der Waals surface area contributed by atoms with Gasteiger partial charge in [-0.1, -0.05) is 37.2 Å². The zero-order chi connectivity index (χ0) is 24.2. The van der Waals surface area contributed by atoms with Crippen molar-refractivity contribution in [3.63, 3.8) is 0 Å². The van der Waals surface area contributed by atoms with Gasteiger partial charge < -0.3 is 9.09 Å². The van der Waals surface area contributed by atoms with E-state index in [1.165, 1.54) is 18.2 Å². The molecule has 33 heavy (non-hydrogen) atoms. The predicted octanol–water partition coefficient (Wildman–Crippen LogP) is 5.79. The molecular formula is C22H24F5N5O. The van der Waals surface area contributed by atoms with Crippen LogP contribution in [0.3, 0.4) is 0 Å². The van der Waals surface area contributed by atoms with Gasteiger partial charge in [0.1, 0.15) is 5.82 Å². The van der Waals surface area contributed by atoms with E-state index < -0.39 is 34.4 Å². The summed E-state index contributed by atoms with van der Waals surface area (Å²) in [6.07, 6.45) is -2.18. The Morgan fingerprint density at radius 2 is 1.55 bits per heavy atom. The highest BCUT2D eigenvalue weighted by atomic mass is 19.4. The third kappa shape index (κ3) is 4.13. The first-order valence-electron chi connectivity index (χ1n) is 10.5. The summed E-state index contributed by atoms with van der Waals surface area (Å²) in [5, 5.41) is 12.1. The maximum Gasteiger partial charge on any atom is 0.417 e. The summed E-state index contributed by atoms with van der Waals surface area (Å²) in [7, 11) is 1.66. The molecule has 3 aromatic rings. The second-order valence-electron chi connectivity index (χ2n) is 9.38. The normalized spacial score (nSPS) is 24.3. The molecule has 1 fully saturated rings. The topological polar surface area (TPSA) is 69.6 Å². The molecule has 4 rings (SSSR count). The summed E-state index contributed by atoms with van der Waals surface area (Å²) in [6.45, 7) is 4.59. The second kappa shape index (κ2) is 7.59. The Balaban J connectivity index is 1.60. The van der Waals surface area contributed by atoms with Gasteiger partial charge in [0, 0.05) is 30.4 Å².